The first-order valence-electron chi connectivity index (χ1n) is 6.70. The zero-order valence-corrected chi connectivity index (χ0v) is 12.3. The SMILES string of the molecule is CCc1ccc2oc(-c3ccc(N)cc3Cl)cc(=O)c2c1. The lowest BCUT2D eigenvalue weighted by molar-refractivity contribution is 0.619. The molecule has 0 spiro atoms. The van der Waals surface area contributed by atoms with E-state index in [1.54, 1.807) is 18.2 Å². The van der Waals surface area contributed by atoms with Gasteiger partial charge in [0.25, 0.3) is 0 Å². The van der Waals surface area contributed by atoms with Crippen molar-refractivity contribution in [2.45, 2.75) is 13.3 Å². The monoisotopic (exact) mass is 299 g/mol. The number of fused-ring (bicyclic) bond motifs is 1. The average Bonchev–Trinajstić information content (AvgIpc) is 2.47. The van der Waals surface area contributed by atoms with Gasteiger partial charge in [-0.15, -0.1) is 0 Å². The number of anilines is 1. The molecule has 0 saturated heterocycles. The fraction of sp³-hybridized carbons (Fsp3) is 0.118. The van der Waals surface area contributed by atoms with E-state index in [4.69, 9.17) is 21.8 Å². The lowest BCUT2D eigenvalue weighted by Crippen LogP contribution is -2.01. The van der Waals surface area contributed by atoms with Crippen molar-refractivity contribution in [1.82, 2.24) is 0 Å². The molecule has 0 amide bonds. The lowest BCUT2D eigenvalue weighted by Gasteiger charge is -2.06. The Labute approximate surface area is 127 Å². The van der Waals surface area contributed by atoms with E-state index in [0.717, 1.165) is 12.0 Å². The first-order valence-corrected chi connectivity index (χ1v) is 7.08. The van der Waals surface area contributed by atoms with Crippen LogP contribution in [0, 0.1) is 0 Å². The van der Waals surface area contributed by atoms with E-state index in [2.05, 4.69) is 0 Å². The summed E-state index contributed by atoms with van der Waals surface area (Å²) in [5.41, 5.74) is 8.50. The molecule has 3 aromatic rings. The molecule has 0 radical (unpaired) electrons. The van der Waals surface area contributed by atoms with E-state index >= 15 is 0 Å². The summed E-state index contributed by atoms with van der Waals surface area (Å²) in [7, 11) is 0. The Morgan fingerprint density at radius 3 is 2.67 bits per heavy atom. The summed E-state index contributed by atoms with van der Waals surface area (Å²) in [5.74, 6) is 0.446. The molecule has 0 bridgehead atoms. The smallest absolute Gasteiger partial charge is 0.193 e. The lowest BCUT2D eigenvalue weighted by atomic mass is 10.1. The average molecular weight is 300 g/mol. The Hall–Kier alpha value is -2.26. The van der Waals surface area contributed by atoms with Gasteiger partial charge in [-0.25, -0.2) is 0 Å². The molecule has 1 aromatic heterocycles. The minimum Gasteiger partial charge on any atom is -0.456 e. The molecule has 3 nitrogen and oxygen atoms in total. The van der Waals surface area contributed by atoms with Crippen molar-refractivity contribution >= 4 is 28.3 Å². The molecule has 0 fully saturated rings. The maximum atomic E-state index is 12.3. The van der Waals surface area contributed by atoms with E-state index in [1.165, 1.54) is 6.07 Å². The molecule has 1 heterocycles. The van der Waals surface area contributed by atoms with Crippen LogP contribution in [0.3, 0.4) is 0 Å². The van der Waals surface area contributed by atoms with E-state index in [-0.39, 0.29) is 5.43 Å². The Bertz CT molecular complexity index is 884. The van der Waals surface area contributed by atoms with Crippen LogP contribution in [-0.2, 0) is 6.42 Å². The van der Waals surface area contributed by atoms with Gasteiger partial charge in [0.05, 0.1) is 10.4 Å². The number of benzene rings is 2. The Morgan fingerprint density at radius 1 is 1.14 bits per heavy atom. The molecule has 106 valence electrons. The number of halogens is 1. The van der Waals surface area contributed by atoms with Gasteiger partial charge >= 0.3 is 0 Å². The minimum atomic E-state index is -0.0746. The van der Waals surface area contributed by atoms with Crippen molar-refractivity contribution in [3.05, 3.63) is 63.3 Å². The molecule has 0 aliphatic carbocycles. The van der Waals surface area contributed by atoms with Gasteiger partial charge in [-0.2, -0.15) is 0 Å². The fourth-order valence-electron chi connectivity index (χ4n) is 2.29. The van der Waals surface area contributed by atoms with Gasteiger partial charge < -0.3 is 10.2 Å². The summed E-state index contributed by atoms with van der Waals surface area (Å²) in [4.78, 5) is 12.3. The van der Waals surface area contributed by atoms with Gasteiger partial charge in [-0.1, -0.05) is 24.6 Å². The summed E-state index contributed by atoms with van der Waals surface area (Å²) in [6.45, 7) is 2.05. The van der Waals surface area contributed by atoms with Gasteiger partial charge in [0.1, 0.15) is 11.3 Å². The number of aryl methyl sites for hydroxylation is 1. The first kappa shape index (κ1) is 13.7. The summed E-state index contributed by atoms with van der Waals surface area (Å²) < 4.78 is 5.82. The molecule has 0 aliphatic heterocycles. The molecule has 4 heteroatoms. The van der Waals surface area contributed by atoms with E-state index in [0.29, 0.717) is 33.0 Å². The molecule has 2 N–H and O–H groups in total. The van der Waals surface area contributed by atoms with Crippen LogP contribution >= 0.6 is 11.6 Å². The number of nitrogen functional groups attached to an aromatic ring is 1. The van der Waals surface area contributed by atoms with Crippen LogP contribution in [0.2, 0.25) is 5.02 Å². The van der Waals surface area contributed by atoms with Crippen LogP contribution in [0.15, 0.2) is 51.7 Å². The highest BCUT2D eigenvalue weighted by atomic mass is 35.5. The van der Waals surface area contributed by atoms with E-state index in [9.17, 15) is 4.79 Å². The number of rotatable bonds is 2. The number of nitrogens with two attached hydrogens (primary N) is 1. The molecule has 21 heavy (non-hydrogen) atoms. The first-order chi connectivity index (χ1) is 10.1. The normalized spacial score (nSPS) is 11.0. The second kappa shape index (κ2) is 5.26. The highest BCUT2D eigenvalue weighted by Crippen LogP contribution is 2.30. The fourth-order valence-corrected chi connectivity index (χ4v) is 2.57. The maximum Gasteiger partial charge on any atom is 0.193 e. The van der Waals surface area contributed by atoms with Crippen LogP contribution in [-0.4, -0.2) is 0 Å². The van der Waals surface area contributed by atoms with Gasteiger partial charge in [0.2, 0.25) is 0 Å². The molecular weight excluding hydrogens is 286 g/mol. The van der Waals surface area contributed by atoms with Crippen molar-refractivity contribution < 1.29 is 4.42 Å². The minimum absolute atomic E-state index is 0.0746. The summed E-state index contributed by atoms with van der Waals surface area (Å²) >= 11 is 6.17. The van der Waals surface area contributed by atoms with E-state index < -0.39 is 0 Å². The zero-order chi connectivity index (χ0) is 15.0. The van der Waals surface area contributed by atoms with E-state index in [1.807, 2.05) is 25.1 Å². The Kier molecular flexibility index (Phi) is 3.43. The topological polar surface area (TPSA) is 56.2 Å². The largest absolute Gasteiger partial charge is 0.456 e. The second-order valence-corrected chi connectivity index (χ2v) is 5.31. The van der Waals surface area contributed by atoms with Gasteiger partial charge in [0.15, 0.2) is 5.43 Å². The molecule has 0 saturated carbocycles. The van der Waals surface area contributed by atoms with Crippen LogP contribution in [0.1, 0.15) is 12.5 Å². The van der Waals surface area contributed by atoms with Crippen molar-refractivity contribution in [2.24, 2.45) is 0 Å². The molecule has 0 aliphatic rings. The van der Waals surface area contributed by atoms with Gasteiger partial charge in [0, 0.05) is 17.3 Å². The highest BCUT2D eigenvalue weighted by Gasteiger charge is 2.10. The van der Waals surface area contributed by atoms with Gasteiger partial charge in [-0.3, -0.25) is 4.79 Å². The third-order valence-electron chi connectivity index (χ3n) is 3.46. The molecule has 2 aromatic carbocycles. The van der Waals surface area contributed by atoms with Crippen molar-refractivity contribution in [3.8, 4) is 11.3 Å². The van der Waals surface area contributed by atoms with Crippen LogP contribution < -0.4 is 11.2 Å². The summed E-state index contributed by atoms with van der Waals surface area (Å²) in [5, 5.41) is 1.05. The predicted octanol–water partition coefficient (Wildman–Crippen LogP) is 4.26. The zero-order valence-electron chi connectivity index (χ0n) is 11.5. The van der Waals surface area contributed by atoms with Crippen LogP contribution in [0.4, 0.5) is 5.69 Å². The quantitative estimate of drug-likeness (QED) is 0.719. The van der Waals surface area contributed by atoms with Crippen molar-refractivity contribution in [3.63, 3.8) is 0 Å². The standard InChI is InChI=1S/C17H14ClNO2/c1-2-10-3-6-16-13(7-10)15(20)9-17(21-16)12-5-4-11(19)8-14(12)18/h3-9H,2,19H2,1H3. The Balaban J connectivity index is 2.23. The van der Waals surface area contributed by atoms with Crippen LogP contribution in [0.25, 0.3) is 22.3 Å². The maximum absolute atomic E-state index is 12.3. The third-order valence-corrected chi connectivity index (χ3v) is 3.77. The van der Waals surface area contributed by atoms with Crippen molar-refractivity contribution in [1.29, 1.82) is 0 Å². The molecule has 0 atom stereocenters. The molecular formula is C17H14ClNO2. The summed E-state index contributed by atoms with van der Waals surface area (Å²) in [6, 6.07) is 12.2. The van der Waals surface area contributed by atoms with Crippen LogP contribution in [0.5, 0.6) is 0 Å². The third kappa shape index (κ3) is 2.52. The number of hydrogen-bond acceptors (Lipinski definition) is 3. The highest BCUT2D eigenvalue weighted by molar-refractivity contribution is 6.33. The summed E-state index contributed by atoms with van der Waals surface area (Å²) in [6.07, 6.45) is 0.876. The second-order valence-electron chi connectivity index (χ2n) is 4.90. The molecule has 0 unspecified atom stereocenters. The van der Waals surface area contributed by atoms with Gasteiger partial charge in [-0.05, 0) is 42.3 Å². The predicted molar refractivity (Wildman–Crippen MR) is 86.7 cm³/mol. The number of hydrogen-bond donors (Lipinski definition) is 1. The Morgan fingerprint density at radius 2 is 1.95 bits per heavy atom. The molecule has 3 rings (SSSR count). The van der Waals surface area contributed by atoms with Crippen molar-refractivity contribution in [2.75, 3.05) is 5.73 Å².